The van der Waals surface area contributed by atoms with Crippen LogP contribution < -0.4 is 0 Å². The van der Waals surface area contributed by atoms with E-state index in [9.17, 15) is 0 Å². The first-order valence-electron chi connectivity index (χ1n) is 3.56. The Morgan fingerprint density at radius 1 is 1.10 bits per heavy atom. The highest BCUT2D eigenvalue weighted by atomic mass is 35.5. The number of allylic oxidation sites excluding steroid dienone is 1. The number of halogens is 1. The molecule has 0 N–H and O–H groups in total. The zero-order valence-electron chi connectivity index (χ0n) is 7.83. The zero-order valence-corrected chi connectivity index (χ0v) is 8.58. The Bertz CT molecular complexity index is 102. The molecule has 2 heteroatoms. The molecule has 0 amide bonds. The third-order valence-corrected chi connectivity index (χ3v) is 1.52. The Morgan fingerprint density at radius 3 is 1.40 bits per heavy atom. The molecule has 0 aliphatic carbocycles. The van der Waals surface area contributed by atoms with Crippen LogP contribution in [0.15, 0.2) is 10.7 Å². The van der Waals surface area contributed by atoms with Crippen LogP contribution in [-0.2, 0) is 0 Å². The molecular formula is C8H18ClN. The van der Waals surface area contributed by atoms with Gasteiger partial charge < -0.3 is 4.90 Å². The maximum absolute atomic E-state index is 5.76. The summed E-state index contributed by atoms with van der Waals surface area (Å²) in [5.41, 5.74) is 1.15. The van der Waals surface area contributed by atoms with Crippen LogP contribution in [0.5, 0.6) is 0 Å². The van der Waals surface area contributed by atoms with Crippen LogP contribution in [0.1, 0.15) is 27.7 Å². The van der Waals surface area contributed by atoms with Crippen molar-refractivity contribution in [2.45, 2.75) is 27.7 Å². The molecule has 0 bridgehead atoms. The summed E-state index contributed by atoms with van der Waals surface area (Å²) in [5, 5.41) is 0.824. The van der Waals surface area contributed by atoms with E-state index < -0.39 is 0 Å². The largest absolute Gasteiger partial charge is 0.369 e. The summed E-state index contributed by atoms with van der Waals surface area (Å²) < 4.78 is 0. The molecule has 0 aromatic heterocycles. The minimum atomic E-state index is 0.824. The van der Waals surface area contributed by atoms with Crippen molar-refractivity contribution in [1.29, 1.82) is 0 Å². The number of hydrogen-bond donors (Lipinski definition) is 0. The Morgan fingerprint density at radius 2 is 1.40 bits per heavy atom. The number of rotatable bonds is 1. The third kappa shape index (κ3) is 5.96. The van der Waals surface area contributed by atoms with Crippen molar-refractivity contribution in [3.05, 3.63) is 10.7 Å². The van der Waals surface area contributed by atoms with E-state index >= 15 is 0 Å². The molecule has 0 spiro atoms. The van der Waals surface area contributed by atoms with E-state index in [0.29, 0.717) is 0 Å². The first-order valence-corrected chi connectivity index (χ1v) is 3.93. The van der Waals surface area contributed by atoms with Gasteiger partial charge >= 0.3 is 0 Å². The molecule has 0 atom stereocenters. The second-order valence-electron chi connectivity index (χ2n) is 2.19. The maximum atomic E-state index is 5.76. The van der Waals surface area contributed by atoms with Crippen molar-refractivity contribution < 1.29 is 0 Å². The summed E-state index contributed by atoms with van der Waals surface area (Å²) in [6, 6.07) is 0. The normalized spacial score (nSPS) is 7.50. The van der Waals surface area contributed by atoms with Gasteiger partial charge in [-0.1, -0.05) is 25.4 Å². The minimum absolute atomic E-state index is 0.824. The molecule has 0 aromatic rings. The second-order valence-corrected chi connectivity index (χ2v) is 2.54. The molecule has 0 fully saturated rings. The third-order valence-electron chi connectivity index (χ3n) is 0.805. The summed E-state index contributed by atoms with van der Waals surface area (Å²) in [6.07, 6.45) is 0. The van der Waals surface area contributed by atoms with Gasteiger partial charge in [0.1, 0.15) is 5.16 Å². The first-order chi connectivity index (χ1) is 4.55. The van der Waals surface area contributed by atoms with Crippen LogP contribution in [0.3, 0.4) is 0 Å². The monoisotopic (exact) mass is 163 g/mol. The van der Waals surface area contributed by atoms with Gasteiger partial charge in [0, 0.05) is 14.1 Å². The average Bonchev–Trinajstić information content (AvgIpc) is 1.90. The quantitative estimate of drug-likeness (QED) is 0.537. The Hall–Kier alpha value is -0.170. The van der Waals surface area contributed by atoms with Crippen LogP contribution in [0.4, 0.5) is 0 Å². The van der Waals surface area contributed by atoms with Gasteiger partial charge in [0.15, 0.2) is 0 Å². The molecule has 0 aliphatic heterocycles. The standard InChI is InChI=1S/C6H12ClN.C2H6/c1-5(2)6(7)8(3)4;1-2/h1-4H3;1-2H3. The van der Waals surface area contributed by atoms with Gasteiger partial charge in [-0.3, -0.25) is 0 Å². The van der Waals surface area contributed by atoms with Crippen LogP contribution in [0.25, 0.3) is 0 Å². The molecule has 0 saturated heterocycles. The summed E-state index contributed by atoms with van der Waals surface area (Å²) in [4.78, 5) is 1.89. The van der Waals surface area contributed by atoms with Gasteiger partial charge in [0.05, 0.1) is 0 Å². The van der Waals surface area contributed by atoms with E-state index in [2.05, 4.69) is 0 Å². The topological polar surface area (TPSA) is 3.24 Å². The van der Waals surface area contributed by atoms with Gasteiger partial charge in [-0.05, 0) is 19.4 Å². The van der Waals surface area contributed by atoms with E-state index in [-0.39, 0.29) is 0 Å². The SMILES string of the molecule is CC.CC(C)=C(Cl)N(C)C. The highest BCUT2D eigenvalue weighted by Crippen LogP contribution is 2.09. The lowest BCUT2D eigenvalue weighted by atomic mass is 10.4. The van der Waals surface area contributed by atoms with Crippen LogP contribution in [0, 0.1) is 0 Å². The summed E-state index contributed by atoms with van der Waals surface area (Å²) in [5.74, 6) is 0. The van der Waals surface area contributed by atoms with Crippen molar-refractivity contribution in [2.75, 3.05) is 14.1 Å². The molecule has 0 radical (unpaired) electrons. The van der Waals surface area contributed by atoms with Gasteiger partial charge in [-0.2, -0.15) is 0 Å². The maximum Gasteiger partial charge on any atom is 0.102 e. The van der Waals surface area contributed by atoms with E-state index in [1.807, 2.05) is 46.7 Å². The van der Waals surface area contributed by atoms with E-state index in [1.165, 1.54) is 0 Å². The van der Waals surface area contributed by atoms with Crippen LogP contribution in [0.2, 0.25) is 0 Å². The molecule has 62 valence electrons. The van der Waals surface area contributed by atoms with E-state index in [4.69, 9.17) is 11.6 Å². The van der Waals surface area contributed by atoms with E-state index in [1.54, 1.807) is 0 Å². The van der Waals surface area contributed by atoms with E-state index in [0.717, 1.165) is 10.7 Å². The van der Waals surface area contributed by atoms with Gasteiger partial charge in [-0.25, -0.2) is 0 Å². The predicted molar refractivity (Wildman–Crippen MR) is 49.3 cm³/mol. The molecule has 0 heterocycles. The molecule has 0 aliphatic rings. The number of hydrogen-bond acceptors (Lipinski definition) is 1. The van der Waals surface area contributed by atoms with Crippen molar-refractivity contribution in [2.24, 2.45) is 0 Å². The smallest absolute Gasteiger partial charge is 0.102 e. The molecule has 0 aromatic carbocycles. The highest BCUT2D eigenvalue weighted by Gasteiger charge is 1.93. The van der Waals surface area contributed by atoms with Crippen LogP contribution >= 0.6 is 11.6 Å². The second kappa shape index (κ2) is 6.94. The average molecular weight is 164 g/mol. The predicted octanol–water partition coefficient (Wildman–Crippen LogP) is 3.06. The molecule has 10 heavy (non-hydrogen) atoms. The van der Waals surface area contributed by atoms with Crippen LogP contribution in [-0.4, -0.2) is 19.0 Å². The fraction of sp³-hybridized carbons (Fsp3) is 0.750. The minimum Gasteiger partial charge on any atom is -0.369 e. The summed E-state index contributed by atoms with van der Waals surface area (Å²) in [7, 11) is 3.85. The van der Waals surface area contributed by atoms with Gasteiger partial charge in [0.25, 0.3) is 0 Å². The summed E-state index contributed by atoms with van der Waals surface area (Å²) in [6.45, 7) is 7.98. The lowest BCUT2D eigenvalue weighted by molar-refractivity contribution is 0.541. The van der Waals surface area contributed by atoms with Crippen molar-refractivity contribution >= 4 is 11.6 Å². The lowest BCUT2D eigenvalue weighted by Crippen LogP contribution is -2.07. The molecule has 0 unspecified atom stereocenters. The molecule has 0 saturated carbocycles. The molecular weight excluding hydrogens is 146 g/mol. The Kier molecular flexibility index (Phi) is 8.68. The first kappa shape index (κ1) is 12.5. The zero-order chi connectivity index (χ0) is 8.73. The Balaban J connectivity index is 0. The highest BCUT2D eigenvalue weighted by molar-refractivity contribution is 6.29. The Labute approximate surface area is 69.7 Å². The van der Waals surface area contributed by atoms with Gasteiger partial charge in [0.2, 0.25) is 0 Å². The van der Waals surface area contributed by atoms with Crippen molar-refractivity contribution in [1.82, 2.24) is 4.90 Å². The summed E-state index contributed by atoms with van der Waals surface area (Å²) >= 11 is 5.76. The molecule has 1 nitrogen and oxygen atoms in total. The fourth-order valence-corrected chi connectivity index (χ4v) is 0.447. The van der Waals surface area contributed by atoms with Crippen molar-refractivity contribution in [3.8, 4) is 0 Å². The lowest BCUT2D eigenvalue weighted by Gasteiger charge is -2.11. The van der Waals surface area contributed by atoms with Gasteiger partial charge in [-0.15, -0.1) is 0 Å². The number of nitrogens with zero attached hydrogens (tertiary/aromatic N) is 1. The molecule has 0 rings (SSSR count). The van der Waals surface area contributed by atoms with Crippen molar-refractivity contribution in [3.63, 3.8) is 0 Å². The fourth-order valence-electron chi connectivity index (χ4n) is 0.447.